The fourth-order valence-corrected chi connectivity index (χ4v) is 2.61. The smallest absolute Gasteiger partial charge is 0.216 e. The first-order valence-corrected chi connectivity index (χ1v) is 8.15. The van der Waals surface area contributed by atoms with Gasteiger partial charge in [0.25, 0.3) is 0 Å². The van der Waals surface area contributed by atoms with E-state index in [0.717, 1.165) is 0 Å². The summed E-state index contributed by atoms with van der Waals surface area (Å²) in [5.41, 5.74) is 2.49. The van der Waals surface area contributed by atoms with Crippen molar-refractivity contribution in [1.29, 1.82) is 0 Å². The molecule has 2 aromatic heterocycles. The van der Waals surface area contributed by atoms with Gasteiger partial charge in [-0.2, -0.15) is 0 Å². The van der Waals surface area contributed by atoms with Crippen LogP contribution in [0.1, 0.15) is 29.9 Å². The highest BCUT2D eigenvalue weighted by Crippen LogP contribution is 2.16. The largest absolute Gasteiger partial charge is 0.461 e. The summed E-state index contributed by atoms with van der Waals surface area (Å²) in [6.07, 6.45) is 1.60. The number of hydrogen-bond donors (Lipinski definition) is 3. The Bertz CT molecular complexity index is 837. The highest BCUT2D eigenvalue weighted by atomic mass is 16.3. The SMILES string of the molecule is CN=C(NCc1nc(-c2ccco2)n[nH]1)NC(C)c1ccccc1C. The third-order valence-corrected chi connectivity index (χ3v) is 3.93. The molecule has 0 fully saturated rings. The number of rotatable bonds is 5. The van der Waals surface area contributed by atoms with Crippen LogP contribution < -0.4 is 10.6 Å². The van der Waals surface area contributed by atoms with Crippen LogP contribution in [-0.4, -0.2) is 28.2 Å². The molecule has 0 aliphatic rings. The van der Waals surface area contributed by atoms with Gasteiger partial charge < -0.3 is 15.1 Å². The zero-order chi connectivity index (χ0) is 17.6. The van der Waals surface area contributed by atoms with Crippen molar-refractivity contribution in [3.63, 3.8) is 0 Å². The van der Waals surface area contributed by atoms with Crippen LogP contribution in [-0.2, 0) is 6.54 Å². The van der Waals surface area contributed by atoms with Crippen molar-refractivity contribution in [3.05, 3.63) is 59.6 Å². The van der Waals surface area contributed by atoms with E-state index in [0.29, 0.717) is 29.9 Å². The van der Waals surface area contributed by atoms with E-state index in [9.17, 15) is 0 Å². The van der Waals surface area contributed by atoms with Gasteiger partial charge in [-0.25, -0.2) is 4.98 Å². The molecule has 0 aliphatic heterocycles. The minimum absolute atomic E-state index is 0.140. The van der Waals surface area contributed by atoms with E-state index in [2.05, 4.69) is 56.8 Å². The molecule has 3 N–H and O–H groups in total. The predicted octanol–water partition coefficient (Wildman–Crippen LogP) is 2.80. The molecule has 2 heterocycles. The van der Waals surface area contributed by atoms with Gasteiger partial charge in [0.1, 0.15) is 5.82 Å². The summed E-state index contributed by atoms with van der Waals surface area (Å²) in [5, 5.41) is 13.7. The quantitative estimate of drug-likeness (QED) is 0.491. The first-order valence-electron chi connectivity index (χ1n) is 8.15. The molecule has 0 radical (unpaired) electrons. The number of H-pyrrole nitrogens is 1. The Morgan fingerprint density at radius 1 is 1.28 bits per heavy atom. The van der Waals surface area contributed by atoms with Crippen LogP contribution >= 0.6 is 0 Å². The van der Waals surface area contributed by atoms with Crippen LogP contribution in [0.2, 0.25) is 0 Å². The van der Waals surface area contributed by atoms with Gasteiger partial charge in [-0.15, -0.1) is 5.10 Å². The van der Waals surface area contributed by atoms with Gasteiger partial charge in [-0.3, -0.25) is 10.1 Å². The van der Waals surface area contributed by atoms with E-state index in [1.165, 1.54) is 11.1 Å². The standard InChI is InChI=1S/C18H22N6O/c1-12-7-4-5-8-14(12)13(2)21-18(19-3)20-11-16-22-17(24-23-16)15-9-6-10-25-15/h4-10,13H,11H2,1-3H3,(H2,19,20,21)(H,22,23,24). The van der Waals surface area contributed by atoms with Crippen molar-refractivity contribution in [3.8, 4) is 11.6 Å². The van der Waals surface area contributed by atoms with Crippen molar-refractivity contribution in [1.82, 2.24) is 25.8 Å². The van der Waals surface area contributed by atoms with E-state index in [1.807, 2.05) is 24.3 Å². The molecule has 3 aromatic rings. The molecule has 3 rings (SSSR count). The Balaban J connectivity index is 1.59. The van der Waals surface area contributed by atoms with Crippen molar-refractivity contribution in [2.24, 2.45) is 4.99 Å². The maximum absolute atomic E-state index is 5.29. The van der Waals surface area contributed by atoms with Crippen LogP contribution in [0, 0.1) is 6.92 Å². The Morgan fingerprint density at radius 3 is 2.84 bits per heavy atom. The third kappa shape index (κ3) is 4.06. The molecule has 1 atom stereocenters. The normalized spacial score (nSPS) is 12.8. The Hall–Kier alpha value is -3.09. The number of guanidine groups is 1. The highest BCUT2D eigenvalue weighted by molar-refractivity contribution is 5.80. The monoisotopic (exact) mass is 338 g/mol. The molecular formula is C18H22N6O. The number of benzene rings is 1. The first-order chi connectivity index (χ1) is 12.2. The van der Waals surface area contributed by atoms with Crippen molar-refractivity contribution < 1.29 is 4.42 Å². The summed E-state index contributed by atoms with van der Waals surface area (Å²) in [5.74, 6) is 2.58. The number of nitrogens with one attached hydrogen (secondary N) is 3. The minimum atomic E-state index is 0.140. The molecule has 130 valence electrons. The highest BCUT2D eigenvalue weighted by Gasteiger charge is 2.11. The Morgan fingerprint density at radius 2 is 2.12 bits per heavy atom. The number of aliphatic imine (C=N–C) groups is 1. The number of aryl methyl sites for hydroxylation is 1. The van der Waals surface area contributed by atoms with Gasteiger partial charge in [0.2, 0.25) is 5.82 Å². The topological polar surface area (TPSA) is 91.1 Å². The molecule has 7 nitrogen and oxygen atoms in total. The molecule has 0 amide bonds. The molecule has 0 saturated heterocycles. The van der Waals surface area contributed by atoms with Gasteiger partial charge in [-0.05, 0) is 37.1 Å². The Labute approximate surface area is 146 Å². The van der Waals surface area contributed by atoms with Gasteiger partial charge >= 0.3 is 0 Å². The van der Waals surface area contributed by atoms with Crippen LogP contribution in [0.5, 0.6) is 0 Å². The molecule has 0 bridgehead atoms. The van der Waals surface area contributed by atoms with Gasteiger partial charge in [0.05, 0.1) is 18.8 Å². The van der Waals surface area contributed by atoms with Gasteiger partial charge in [-0.1, -0.05) is 24.3 Å². The van der Waals surface area contributed by atoms with Crippen LogP contribution in [0.4, 0.5) is 0 Å². The summed E-state index contributed by atoms with van der Waals surface area (Å²) < 4.78 is 5.29. The zero-order valence-electron chi connectivity index (χ0n) is 14.6. The van der Waals surface area contributed by atoms with Crippen LogP contribution in [0.25, 0.3) is 11.6 Å². The first kappa shape index (κ1) is 16.8. The lowest BCUT2D eigenvalue weighted by Gasteiger charge is -2.19. The van der Waals surface area contributed by atoms with E-state index >= 15 is 0 Å². The molecule has 0 spiro atoms. The lowest BCUT2D eigenvalue weighted by atomic mass is 10.0. The summed E-state index contributed by atoms with van der Waals surface area (Å²) in [4.78, 5) is 8.67. The van der Waals surface area contributed by atoms with Gasteiger partial charge in [0, 0.05) is 7.05 Å². The van der Waals surface area contributed by atoms with E-state index in [1.54, 1.807) is 13.3 Å². The maximum atomic E-state index is 5.29. The molecule has 0 saturated carbocycles. The fourth-order valence-electron chi connectivity index (χ4n) is 2.61. The predicted molar refractivity (Wildman–Crippen MR) is 97.0 cm³/mol. The molecule has 25 heavy (non-hydrogen) atoms. The molecule has 1 unspecified atom stereocenters. The fraction of sp³-hybridized carbons (Fsp3) is 0.278. The molecule has 1 aromatic carbocycles. The molecular weight excluding hydrogens is 316 g/mol. The second-order valence-electron chi connectivity index (χ2n) is 5.73. The molecule has 0 aliphatic carbocycles. The average molecular weight is 338 g/mol. The third-order valence-electron chi connectivity index (χ3n) is 3.93. The van der Waals surface area contributed by atoms with Crippen molar-refractivity contribution >= 4 is 5.96 Å². The molecule has 7 heteroatoms. The number of aromatic amines is 1. The van der Waals surface area contributed by atoms with Crippen LogP contribution in [0.3, 0.4) is 0 Å². The van der Waals surface area contributed by atoms with Crippen molar-refractivity contribution in [2.45, 2.75) is 26.4 Å². The lowest BCUT2D eigenvalue weighted by molar-refractivity contribution is 0.577. The summed E-state index contributed by atoms with van der Waals surface area (Å²) in [6, 6.07) is 12.1. The number of furan rings is 1. The summed E-state index contributed by atoms with van der Waals surface area (Å²) in [6.45, 7) is 4.70. The Kier molecular flexibility index (Phi) is 5.13. The number of nitrogens with zero attached hydrogens (tertiary/aromatic N) is 3. The summed E-state index contributed by atoms with van der Waals surface area (Å²) >= 11 is 0. The summed E-state index contributed by atoms with van der Waals surface area (Å²) in [7, 11) is 1.74. The van der Waals surface area contributed by atoms with E-state index in [-0.39, 0.29) is 6.04 Å². The van der Waals surface area contributed by atoms with E-state index < -0.39 is 0 Å². The van der Waals surface area contributed by atoms with Gasteiger partial charge in [0.15, 0.2) is 11.7 Å². The number of aromatic nitrogens is 3. The van der Waals surface area contributed by atoms with E-state index in [4.69, 9.17) is 4.42 Å². The van der Waals surface area contributed by atoms with Crippen molar-refractivity contribution in [2.75, 3.05) is 7.05 Å². The average Bonchev–Trinajstić information content (AvgIpc) is 3.30. The lowest BCUT2D eigenvalue weighted by Crippen LogP contribution is -2.38. The maximum Gasteiger partial charge on any atom is 0.216 e. The number of hydrogen-bond acceptors (Lipinski definition) is 4. The second kappa shape index (κ2) is 7.65. The minimum Gasteiger partial charge on any atom is -0.461 e. The second-order valence-corrected chi connectivity index (χ2v) is 5.73. The van der Waals surface area contributed by atoms with Crippen LogP contribution in [0.15, 0.2) is 52.1 Å². The zero-order valence-corrected chi connectivity index (χ0v) is 14.6.